The molecule has 34 heavy (non-hydrogen) atoms. The average molecular weight is 463 g/mol. The van der Waals surface area contributed by atoms with Crippen molar-refractivity contribution in [2.24, 2.45) is 11.5 Å². The lowest BCUT2D eigenvalue weighted by atomic mass is 10.1. The first-order chi connectivity index (χ1) is 16.4. The summed E-state index contributed by atoms with van der Waals surface area (Å²) in [5.41, 5.74) is 12.5. The van der Waals surface area contributed by atoms with Gasteiger partial charge in [-0.25, -0.2) is 0 Å². The van der Waals surface area contributed by atoms with Gasteiger partial charge in [0.15, 0.2) is 0 Å². The Kier molecular flexibility index (Phi) is 8.99. The Balaban J connectivity index is 1.49. The van der Waals surface area contributed by atoms with Crippen molar-refractivity contribution >= 4 is 28.5 Å². The minimum absolute atomic E-state index is 0.187. The van der Waals surface area contributed by atoms with Gasteiger partial charge in [-0.2, -0.15) is 0 Å². The van der Waals surface area contributed by atoms with Crippen molar-refractivity contribution in [2.75, 3.05) is 19.7 Å². The first-order valence-electron chi connectivity index (χ1n) is 11.2. The van der Waals surface area contributed by atoms with Gasteiger partial charge in [0.1, 0.15) is 5.75 Å². The van der Waals surface area contributed by atoms with E-state index >= 15 is 0 Å². The summed E-state index contributed by atoms with van der Waals surface area (Å²) in [4.78, 5) is 35.8. The number of fused-ring (bicyclic) bond motifs is 1. The molecule has 0 saturated carbocycles. The Labute approximate surface area is 198 Å². The summed E-state index contributed by atoms with van der Waals surface area (Å²) in [6.07, 6.45) is 1.85. The highest BCUT2D eigenvalue weighted by Gasteiger charge is 2.15. The van der Waals surface area contributed by atoms with Crippen LogP contribution >= 0.6 is 0 Å². The van der Waals surface area contributed by atoms with Gasteiger partial charge in [-0.05, 0) is 47.7 Å². The first kappa shape index (κ1) is 24.7. The van der Waals surface area contributed by atoms with Crippen LogP contribution < -0.4 is 26.8 Å². The Hall–Kier alpha value is -3.91. The molecule has 0 aliphatic rings. The largest absolute Gasteiger partial charge is 0.493 e. The summed E-state index contributed by atoms with van der Waals surface area (Å²) in [6.45, 7) is 0.589. The van der Waals surface area contributed by atoms with Gasteiger partial charge in [0.05, 0.1) is 24.8 Å². The van der Waals surface area contributed by atoms with Crippen LogP contribution in [-0.4, -0.2) is 43.5 Å². The molecule has 178 valence electrons. The molecule has 0 heterocycles. The maximum atomic E-state index is 12.6. The third-order valence-corrected chi connectivity index (χ3v) is 5.28. The summed E-state index contributed by atoms with van der Waals surface area (Å²) in [5.74, 6) is -0.816. The average Bonchev–Trinajstić information content (AvgIpc) is 2.84. The molecule has 0 aliphatic heterocycles. The third-order valence-electron chi connectivity index (χ3n) is 5.28. The van der Waals surface area contributed by atoms with Crippen molar-refractivity contribution in [3.8, 4) is 5.75 Å². The normalized spacial score (nSPS) is 11.6. The standard InChI is InChI=1S/C26H30N4O4/c27-22(14-18-8-2-1-3-9-18)26(33)29-12-6-7-13-34-23-16-20-11-5-4-10-19(20)15-21(23)25(32)30-17-24(28)31/h1-5,8-11,15-16,22H,6-7,12-14,17,27H2,(H2,28,31)(H,29,33)(H,30,32). The van der Waals surface area contributed by atoms with Gasteiger partial charge < -0.3 is 26.8 Å². The molecule has 0 radical (unpaired) electrons. The summed E-state index contributed by atoms with van der Waals surface area (Å²) in [5, 5.41) is 7.17. The van der Waals surface area contributed by atoms with Crippen LogP contribution in [-0.2, 0) is 16.0 Å². The van der Waals surface area contributed by atoms with Crippen molar-refractivity contribution in [1.82, 2.24) is 10.6 Å². The Morgan fingerprint density at radius 1 is 0.882 bits per heavy atom. The van der Waals surface area contributed by atoms with E-state index in [1.165, 1.54) is 0 Å². The molecule has 1 atom stereocenters. The molecule has 3 rings (SSSR count). The topological polar surface area (TPSA) is 137 Å². The van der Waals surface area contributed by atoms with E-state index < -0.39 is 17.9 Å². The van der Waals surface area contributed by atoms with Crippen LogP contribution in [0.2, 0.25) is 0 Å². The second-order valence-corrected chi connectivity index (χ2v) is 7.99. The fourth-order valence-electron chi connectivity index (χ4n) is 3.49. The Bertz CT molecular complexity index is 1130. The number of nitrogens with one attached hydrogen (secondary N) is 2. The van der Waals surface area contributed by atoms with Crippen molar-refractivity contribution in [3.63, 3.8) is 0 Å². The van der Waals surface area contributed by atoms with E-state index in [1.54, 1.807) is 12.1 Å². The van der Waals surface area contributed by atoms with Gasteiger partial charge in [0, 0.05) is 6.54 Å². The second-order valence-electron chi connectivity index (χ2n) is 7.99. The predicted molar refractivity (Wildman–Crippen MR) is 131 cm³/mol. The minimum Gasteiger partial charge on any atom is -0.493 e. The van der Waals surface area contributed by atoms with E-state index in [1.807, 2.05) is 54.6 Å². The predicted octanol–water partition coefficient (Wildman–Crippen LogP) is 1.90. The zero-order chi connectivity index (χ0) is 24.3. The number of carbonyl (C=O) groups is 3. The highest BCUT2D eigenvalue weighted by Crippen LogP contribution is 2.26. The molecule has 3 amide bonds. The van der Waals surface area contributed by atoms with Crippen LogP contribution in [0.5, 0.6) is 5.75 Å². The zero-order valence-electron chi connectivity index (χ0n) is 19.0. The van der Waals surface area contributed by atoms with Gasteiger partial charge in [-0.1, -0.05) is 54.6 Å². The van der Waals surface area contributed by atoms with Crippen molar-refractivity contribution < 1.29 is 19.1 Å². The summed E-state index contributed by atoms with van der Waals surface area (Å²) < 4.78 is 5.89. The molecule has 8 nitrogen and oxygen atoms in total. The number of benzene rings is 3. The SMILES string of the molecule is NC(=O)CNC(=O)c1cc2ccccc2cc1OCCCCNC(=O)C(N)Cc1ccccc1. The molecular formula is C26H30N4O4. The van der Waals surface area contributed by atoms with E-state index in [0.29, 0.717) is 43.7 Å². The van der Waals surface area contributed by atoms with Crippen molar-refractivity contribution in [3.05, 3.63) is 77.9 Å². The number of ether oxygens (including phenoxy) is 1. The number of primary amides is 1. The van der Waals surface area contributed by atoms with Gasteiger partial charge in [-0.15, -0.1) is 0 Å². The lowest BCUT2D eigenvalue weighted by molar-refractivity contribution is -0.122. The number of amides is 3. The van der Waals surface area contributed by atoms with E-state index in [-0.39, 0.29) is 12.5 Å². The van der Waals surface area contributed by atoms with Gasteiger partial charge in [0.2, 0.25) is 11.8 Å². The van der Waals surface area contributed by atoms with E-state index in [2.05, 4.69) is 10.6 Å². The number of hydrogen-bond donors (Lipinski definition) is 4. The van der Waals surface area contributed by atoms with E-state index in [4.69, 9.17) is 16.2 Å². The van der Waals surface area contributed by atoms with Crippen molar-refractivity contribution in [1.29, 1.82) is 0 Å². The molecule has 0 spiro atoms. The number of nitrogens with two attached hydrogens (primary N) is 2. The number of rotatable bonds is 12. The fourth-order valence-corrected chi connectivity index (χ4v) is 3.49. The number of carbonyl (C=O) groups excluding carboxylic acids is 3. The Morgan fingerprint density at radius 2 is 1.56 bits per heavy atom. The summed E-state index contributed by atoms with van der Waals surface area (Å²) in [6, 6.07) is 20.2. The molecule has 0 bridgehead atoms. The first-order valence-corrected chi connectivity index (χ1v) is 11.2. The minimum atomic E-state index is -0.623. The molecule has 6 N–H and O–H groups in total. The fraction of sp³-hybridized carbons (Fsp3) is 0.269. The summed E-state index contributed by atoms with van der Waals surface area (Å²) >= 11 is 0. The molecular weight excluding hydrogens is 432 g/mol. The second kappa shape index (κ2) is 12.4. The maximum Gasteiger partial charge on any atom is 0.255 e. The molecule has 8 heteroatoms. The highest BCUT2D eigenvalue weighted by molar-refractivity contribution is 6.02. The van der Waals surface area contributed by atoms with Crippen LogP contribution in [0, 0.1) is 0 Å². The third kappa shape index (κ3) is 7.31. The Morgan fingerprint density at radius 3 is 2.26 bits per heavy atom. The molecule has 0 saturated heterocycles. The van der Waals surface area contributed by atoms with Crippen LogP contribution in [0.1, 0.15) is 28.8 Å². The maximum absolute atomic E-state index is 12.6. The lowest BCUT2D eigenvalue weighted by Gasteiger charge is -2.14. The molecule has 1 unspecified atom stereocenters. The monoisotopic (exact) mass is 462 g/mol. The van der Waals surface area contributed by atoms with Gasteiger partial charge in [0.25, 0.3) is 5.91 Å². The van der Waals surface area contributed by atoms with Gasteiger partial charge >= 0.3 is 0 Å². The molecule has 0 fully saturated rings. The van der Waals surface area contributed by atoms with Crippen LogP contribution in [0.15, 0.2) is 66.7 Å². The van der Waals surface area contributed by atoms with Crippen LogP contribution in [0.25, 0.3) is 10.8 Å². The summed E-state index contributed by atoms with van der Waals surface area (Å²) in [7, 11) is 0. The number of hydrogen-bond acceptors (Lipinski definition) is 5. The van der Waals surface area contributed by atoms with E-state index in [0.717, 1.165) is 16.3 Å². The lowest BCUT2D eigenvalue weighted by Crippen LogP contribution is -2.42. The van der Waals surface area contributed by atoms with Crippen molar-refractivity contribution in [2.45, 2.75) is 25.3 Å². The number of unbranched alkanes of at least 4 members (excludes halogenated alkanes) is 1. The van der Waals surface area contributed by atoms with Crippen LogP contribution in [0.4, 0.5) is 0 Å². The molecule has 0 aliphatic carbocycles. The van der Waals surface area contributed by atoms with Crippen LogP contribution in [0.3, 0.4) is 0 Å². The smallest absolute Gasteiger partial charge is 0.255 e. The molecule has 0 aromatic heterocycles. The van der Waals surface area contributed by atoms with Gasteiger partial charge in [-0.3, -0.25) is 14.4 Å². The highest BCUT2D eigenvalue weighted by atomic mass is 16.5. The molecule has 3 aromatic carbocycles. The quantitative estimate of drug-likeness (QED) is 0.305. The van der Waals surface area contributed by atoms with E-state index in [9.17, 15) is 14.4 Å². The molecule has 3 aromatic rings. The zero-order valence-corrected chi connectivity index (χ0v) is 19.0.